The molecule has 6 nitrogen and oxygen atoms in total. The van der Waals surface area contributed by atoms with Gasteiger partial charge in [0.15, 0.2) is 11.5 Å². The second-order valence-corrected chi connectivity index (χ2v) is 6.81. The van der Waals surface area contributed by atoms with Crippen LogP contribution in [0.25, 0.3) is 11.3 Å². The summed E-state index contributed by atoms with van der Waals surface area (Å²) >= 11 is 0. The number of piperazine rings is 1. The van der Waals surface area contributed by atoms with E-state index in [0.717, 1.165) is 37.7 Å². The minimum absolute atomic E-state index is 0.0593. The molecular formula is C19H23N3O3. The van der Waals surface area contributed by atoms with Crippen LogP contribution in [0.3, 0.4) is 0 Å². The van der Waals surface area contributed by atoms with E-state index < -0.39 is 0 Å². The van der Waals surface area contributed by atoms with Crippen molar-refractivity contribution < 1.29 is 14.1 Å². The highest BCUT2D eigenvalue weighted by Crippen LogP contribution is 2.31. The largest absolute Gasteiger partial charge is 0.496 e. The first-order valence-electron chi connectivity index (χ1n) is 8.86. The second-order valence-electron chi connectivity index (χ2n) is 6.81. The lowest BCUT2D eigenvalue weighted by molar-refractivity contribution is 0.0622. The number of aromatic nitrogens is 1. The third kappa shape index (κ3) is 3.54. The molecule has 1 saturated heterocycles. The number of hydrogen-bond donors (Lipinski definition) is 0. The van der Waals surface area contributed by atoms with Crippen molar-refractivity contribution in [1.82, 2.24) is 15.0 Å². The zero-order chi connectivity index (χ0) is 17.2. The number of para-hydroxylation sites is 1. The van der Waals surface area contributed by atoms with Gasteiger partial charge in [-0.1, -0.05) is 17.3 Å². The van der Waals surface area contributed by atoms with Gasteiger partial charge in [-0.2, -0.15) is 0 Å². The van der Waals surface area contributed by atoms with Crippen LogP contribution in [0.4, 0.5) is 0 Å². The predicted molar refractivity (Wildman–Crippen MR) is 93.6 cm³/mol. The highest BCUT2D eigenvalue weighted by atomic mass is 16.5. The molecule has 0 N–H and O–H groups in total. The molecule has 1 aromatic carbocycles. The zero-order valence-corrected chi connectivity index (χ0v) is 14.5. The molecule has 0 bridgehead atoms. The van der Waals surface area contributed by atoms with Gasteiger partial charge in [-0.15, -0.1) is 0 Å². The Balaban J connectivity index is 1.42. The van der Waals surface area contributed by atoms with E-state index in [1.54, 1.807) is 13.2 Å². The summed E-state index contributed by atoms with van der Waals surface area (Å²) < 4.78 is 10.7. The van der Waals surface area contributed by atoms with Crippen LogP contribution in [0, 0.1) is 5.92 Å². The van der Waals surface area contributed by atoms with Crippen molar-refractivity contribution >= 4 is 5.91 Å². The molecule has 1 saturated carbocycles. The molecule has 6 heteroatoms. The quantitative estimate of drug-likeness (QED) is 0.836. The van der Waals surface area contributed by atoms with Gasteiger partial charge < -0.3 is 14.2 Å². The molecule has 1 aromatic heterocycles. The average molecular weight is 341 g/mol. The van der Waals surface area contributed by atoms with Crippen LogP contribution in [-0.4, -0.2) is 60.7 Å². The summed E-state index contributed by atoms with van der Waals surface area (Å²) in [5, 5.41) is 3.99. The first-order chi connectivity index (χ1) is 12.2. The molecule has 0 spiro atoms. The van der Waals surface area contributed by atoms with Crippen molar-refractivity contribution in [3.63, 3.8) is 0 Å². The van der Waals surface area contributed by atoms with Gasteiger partial charge in [-0.05, 0) is 30.9 Å². The first kappa shape index (κ1) is 16.1. The average Bonchev–Trinajstić information content (AvgIpc) is 3.34. The number of methoxy groups -OCH3 is 1. The van der Waals surface area contributed by atoms with Gasteiger partial charge >= 0.3 is 0 Å². The Morgan fingerprint density at radius 3 is 2.72 bits per heavy atom. The molecular weight excluding hydrogens is 318 g/mol. The summed E-state index contributed by atoms with van der Waals surface area (Å²) in [6, 6.07) is 9.26. The van der Waals surface area contributed by atoms with Crippen LogP contribution in [0.1, 0.15) is 23.3 Å². The van der Waals surface area contributed by atoms with Crippen LogP contribution in [0.5, 0.6) is 5.75 Å². The third-order valence-electron chi connectivity index (χ3n) is 4.97. The minimum atomic E-state index is -0.0593. The van der Waals surface area contributed by atoms with Crippen LogP contribution in [0.15, 0.2) is 34.9 Å². The van der Waals surface area contributed by atoms with Gasteiger partial charge in [0.1, 0.15) is 5.75 Å². The van der Waals surface area contributed by atoms with Crippen LogP contribution < -0.4 is 4.74 Å². The summed E-state index contributed by atoms with van der Waals surface area (Å²) in [7, 11) is 1.61. The first-order valence-corrected chi connectivity index (χ1v) is 8.86. The van der Waals surface area contributed by atoms with Crippen molar-refractivity contribution in [3.05, 3.63) is 36.0 Å². The van der Waals surface area contributed by atoms with Gasteiger partial charge in [0.05, 0.1) is 12.7 Å². The number of rotatable bonds is 5. The predicted octanol–water partition coefficient (Wildman–Crippen LogP) is 2.52. The highest BCUT2D eigenvalue weighted by molar-refractivity contribution is 5.93. The number of carbonyl (C=O) groups is 1. The minimum Gasteiger partial charge on any atom is -0.496 e. The molecule has 2 aromatic rings. The van der Waals surface area contributed by atoms with Crippen LogP contribution in [0.2, 0.25) is 0 Å². The lowest BCUT2D eigenvalue weighted by Gasteiger charge is -2.34. The summed E-state index contributed by atoms with van der Waals surface area (Å²) in [6.45, 7) is 4.58. The van der Waals surface area contributed by atoms with Crippen molar-refractivity contribution in [2.75, 3.05) is 39.8 Å². The van der Waals surface area contributed by atoms with E-state index in [-0.39, 0.29) is 5.91 Å². The van der Waals surface area contributed by atoms with E-state index >= 15 is 0 Å². The highest BCUT2D eigenvalue weighted by Gasteiger charge is 2.29. The summed E-state index contributed by atoms with van der Waals surface area (Å²) in [4.78, 5) is 17.0. The maximum Gasteiger partial charge on any atom is 0.276 e. The van der Waals surface area contributed by atoms with Gasteiger partial charge in [-0.3, -0.25) is 9.69 Å². The normalized spacial score (nSPS) is 18.4. The molecule has 0 unspecified atom stereocenters. The Morgan fingerprint density at radius 1 is 1.24 bits per heavy atom. The Hall–Kier alpha value is -2.34. The summed E-state index contributed by atoms with van der Waals surface area (Å²) in [5.74, 6) is 2.08. The third-order valence-corrected chi connectivity index (χ3v) is 4.97. The fraction of sp³-hybridized carbons (Fsp3) is 0.474. The molecule has 1 aliphatic heterocycles. The van der Waals surface area contributed by atoms with E-state index in [9.17, 15) is 4.79 Å². The number of ether oxygens (including phenoxy) is 1. The Bertz CT molecular complexity index is 746. The van der Waals surface area contributed by atoms with Crippen LogP contribution in [-0.2, 0) is 0 Å². The number of amides is 1. The SMILES string of the molecule is COc1ccccc1-c1cc(C(=O)N2CCN(CC3CC3)CC2)no1. The monoisotopic (exact) mass is 341 g/mol. The molecule has 2 heterocycles. The lowest BCUT2D eigenvalue weighted by Crippen LogP contribution is -2.49. The smallest absolute Gasteiger partial charge is 0.276 e. The van der Waals surface area contributed by atoms with E-state index in [2.05, 4.69) is 10.1 Å². The van der Waals surface area contributed by atoms with E-state index in [1.165, 1.54) is 19.4 Å². The Labute approximate surface area is 147 Å². The zero-order valence-electron chi connectivity index (χ0n) is 14.5. The molecule has 132 valence electrons. The molecule has 2 fully saturated rings. The topological polar surface area (TPSA) is 58.8 Å². The van der Waals surface area contributed by atoms with E-state index in [0.29, 0.717) is 17.2 Å². The number of nitrogens with zero attached hydrogens (tertiary/aromatic N) is 3. The Morgan fingerprint density at radius 2 is 2.00 bits per heavy atom. The van der Waals surface area contributed by atoms with E-state index in [4.69, 9.17) is 9.26 Å². The van der Waals surface area contributed by atoms with Crippen molar-refractivity contribution in [1.29, 1.82) is 0 Å². The van der Waals surface area contributed by atoms with Crippen molar-refractivity contribution in [2.45, 2.75) is 12.8 Å². The second kappa shape index (κ2) is 6.88. The molecule has 25 heavy (non-hydrogen) atoms. The Kier molecular flexibility index (Phi) is 4.44. The molecule has 4 rings (SSSR count). The van der Waals surface area contributed by atoms with E-state index in [1.807, 2.05) is 29.2 Å². The fourth-order valence-corrected chi connectivity index (χ4v) is 3.31. The van der Waals surface area contributed by atoms with Gasteiger partial charge in [0.2, 0.25) is 0 Å². The van der Waals surface area contributed by atoms with Crippen molar-refractivity contribution in [3.8, 4) is 17.1 Å². The molecule has 0 radical (unpaired) electrons. The summed E-state index contributed by atoms with van der Waals surface area (Å²) in [6.07, 6.45) is 2.73. The molecule has 0 atom stereocenters. The molecule has 1 aliphatic carbocycles. The fourth-order valence-electron chi connectivity index (χ4n) is 3.31. The van der Waals surface area contributed by atoms with Crippen LogP contribution >= 0.6 is 0 Å². The maximum atomic E-state index is 12.7. The number of carbonyl (C=O) groups excluding carboxylic acids is 1. The number of benzene rings is 1. The maximum absolute atomic E-state index is 12.7. The van der Waals surface area contributed by atoms with Gasteiger partial charge in [0, 0.05) is 38.8 Å². The molecule has 1 amide bonds. The van der Waals surface area contributed by atoms with Gasteiger partial charge in [-0.25, -0.2) is 0 Å². The summed E-state index contributed by atoms with van der Waals surface area (Å²) in [5.41, 5.74) is 1.15. The van der Waals surface area contributed by atoms with Crippen molar-refractivity contribution in [2.24, 2.45) is 5.92 Å². The molecule has 2 aliphatic rings. The van der Waals surface area contributed by atoms with Gasteiger partial charge in [0.25, 0.3) is 5.91 Å². The number of hydrogen-bond acceptors (Lipinski definition) is 5. The standard InChI is InChI=1S/C19H23N3O3/c1-24-17-5-3-2-4-15(17)18-12-16(20-25-18)19(23)22-10-8-21(9-11-22)13-14-6-7-14/h2-5,12,14H,6-11,13H2,1H3. The lowest BCUT2D eigenvalue weighted by atomic mass is 10.1.